The van der Waals surface area contributed by atoms with Crippen LogP contribution in [0.2, 0.25) is 0 Å². The van der Waals surface area contributed by atoms with Crippen molar-refractivity contribution in [2.75, 3.05) is 39.8 Å². The van der Waals surface area contributed by atoms with Crippen molar-refractivity contribution in [2.24, 2.45) is 11.3 Å². The lowest BCUT2D eigenvalue weighted by molar-refractivity contribution is 0.239. The first-order chi connectivity index (χ1) is 9.97. The van der Waals surface area contributed by atoms with Crippen LogP contribution in [0.25, 0.3) is 0 Å². The molecule has 0 aromatic rings. The summed E-state index contributed by atoms with van der Waals surface area (Å²) in [5.41, 5.74) is 0.202. The molecule has 0 spiro atoms. The Morgan fingerprint density at radius 3 is 2.48 bits per heavy atom. The molecule has 21 heavy (non-hydrogen) atoms. The predicted octanol–water partition coefficient (Wildman–Crippen LogP) is 1.67. The smallest absolute Gasteiger partial charge is 0.282 e. The summed E-state index contributed by atoms with van der Waals surface area (Å²) < 4.78 is 29.2. The molecule has 2 aliphatic heterocycles. The normalized spacial score (nSPS) is 28.0. The molecule has 2 heterocycles. The van der Waals surface area contributed by atoms with Gasteiger partial charge in [0.15, 0.2) is 0 Å². The summed E-state index contributed by atoms with van der Waals surface area (Å²) in [6.45, 7) is 8.02. The van der Waals surface area contributed by atoms with Crippen molar-refractivity contribution in [1.29, 1.82) is 0 Å². The lowest BCUT2D eigenvalue weighted by atomic mass is 9.82. The molecule has 0 radical (unpaired) electrons. The number of piperidine rings is 1. The van der Waals surface area contributed by atoms with Crippen LogP contribution in [0.1, 0.15) is 46.0 Å². The monoisotopic (exact) mass is 317 g/mol. The fourth-order valence-electron chi connectivity index (χ4n) is 3.77. The van der Waals surface area contributed by atoms with E-state index < -0.39 is 10.2 Å². The minimum Gasteiger partial charge on any atom is -0.319 e. The van der Waals surface area contributed by atoms with Gasteiger partial charge in [-0.05, 0) is 57.0 Å². The van der Waals surface area contributed by atoms with E-state index in [9.17, 15) is 8.42 Å². The fraction of sp³-hybridized carbons (Fsp3) is 1.00. The number of nitrogens with one attached hydrogen (secondary N) is 1. The van der Waals surface area contributed by atoms with Gasteiger partial charge in [0.05, 0.1) is 0 Å². The van der Waals surface area contributed by atoms with E-state index in [0.29, 0.717) is 32.1 Å². The summed E-state index contributed by atoms with van der Waals surface area (Å²) in [5, 5.41) is 3.18. The summed E-state index contributed by atoms with van der Waals surface area (Å²) in [7, 11) is -1.33. The highest BCUT2D eigenvalue weighted by atomic mass is 32.2. The van der Waals surface area contributed by atoms with Crippen molar-refractivity contribution in [3.8, 4) is 0 Å². The molecule has 0 saturated carbocycles. The standard InChI is InChI=1S/C15H31N3O2S/c1-4-15(5-2)8-10-18(13-15)21(19,20)17-9-6-7-14(12-17)11-16-3/h14,16H,4-13H2,1-3H3. The first-order valence-electron chi connectivity index (χ1n) is 8.37. The van der Waals surface area contributed by atoms with Crippen LogP contribution < -0.4 is 5.32 Å². The average Bonchev–Trinajstić information content (AvgIpc) is 2.94. The summed E-state index contributed by atoms with van der Waals surface area (Å²) in [5.74, 6) is 0.447. The molecule has 0 aromatic heterocycles. The van der Waals surface area contributed by atoms with Crippen molar-refractivity contribution >= 4 is 10.2 Å². The van der Waals surface area contributed by atoms with E-state index in [0.717, 1.165) is 38.6 Å². The Morgan fingerprint density at radius 1 is 1.19 bits per heavy atom. The van der Waals surface area contributed by atoms with E-state index >= 15 is 0 Å². The Morgan fingerprint density at radius 2 is 1.90 bits per heavy atom. The van der Waals surface area contributed by atoms with E-state index in [1.165, 1.54) is 0 Å². The summed E-state index contributed by atoms with van der Waals surface area (Å²) >= 11 is 0. The number of hydrogen-bond donors (Lipinski definition) is 1. The highest BCUT2D eigenvalue weighted by molar-refractivity contribution is 7.86. The Bertz CT molecular complexity index is 432. The molecule has 5 nitrogen and oxygen atoms in total. The maximum absolute atomic E-state index is 12.9. The third-order valence-electron chi connectivity index (χ3n) is 5.53. The topological polar surface area (TPSA) is 52.7 Å². The Kier molecular flexibility index (Phi) is 5.68. The maximum atomic E-state index is 12.9. The van der Waals surface area contributed by atoms with Gasteiger partial charge in [-0.2, -0.15) is 17.0 Å². The maximum Gasteiger partial charge on any atom is 0.282 e. The zero-order valence-electron chi connectivity index (χ0n) is 13.8. The molecule has 0 aromatic carbocycles. The van der Waals surface area contributed by atoms with Gasteiger partial charge < -0.3 is 5.32 Å². The van der Waals surface area contributed by atoms with Gasteiger partial charge in [0, 0.05) is 26.2 Å². The fourth-order valence-corrected chi connectivity index (χ4v) is 5.62. The summed E-state index contributed by atoms with van der Waals surface area (Å²) in [6.07, 6.45) is 5.25. The second kappa shape index (κ2) is 6.94. The molecule has 124 valence electrons. The van der Waals surface area contributed by atoms with E-state index in [1.807, 2.05) is 7.05 Å². The van der Waals surface area contributed by atoms with Crippen molar-refractivity contribution in [1.82, 2.24) is 13.9 Å². The minimum absolute atomic E-state index is 0.202. The van der Waals surface area contributed by atoms with Crippen molar-refractivity contribution in [2.45, 2.75) is 46.0 Å². The van der Waals surface area contributed by atoms with Crippen LogP contribution in [0.5, 0.6) is 0 Å². The lowest BCUT2D eigenvalue weighted by Gasteiger charge is -2.35. The van der Waals surface area contributed by atoms with E-state index in [1.54, 1.807) is 8.61 Å². The van der Waals surface area contributed by atoms with Crippen LogP contribution in [-0.4, -0.2) is 56.8 Å². The number of rotatable bonds is 6. The SMILES string of the molecule is CCC1(CC)CCN(S(=O)(=O)N2CCCC(CNC)C2)C1. The molecule has 2 saturated heterocycles. The first-order valence-corrected chi connectivity index (χ1v) is 9.77. The highest BCUT2D eigenvalue weighted by Gasteiger charge is 2.43. The van der Waals surface area contributed by atoms with Crippen molar-refractivity contribution in [3.63, 3.8) is 0 Å². The van der Waals surface area contributed by atoms with Gasteiger partial charge in [0.2, 0.25) is 0 Å². The van der Waals surface area contributed by atoms with E-state index in [-0.39, 0.29) is 5.41 Å². The van der Waals surface area contributed by atoms with Gasteiger partial charge in [0.25, 0.3) is 10.2 Å². The van der Waals surface area contributed by atoms with Crippen molar-refractivity contribution in [3.05, 3.63) is 0 Å². The molecule has 2 aliphatic rings. The Labute approximate surface area is 130 Å². The van der Waals surface area contributed by atoms with Crippen LogP contribution in [0, 0.1) is 11.3 Å². The van der Waals surface area contributed by atoms with Gasteiger partial charge in [-0.3, -0.25) is 0 Å². The molecule has 1 unspecified atom stereocenters. The average molecular weight is 317 g/mol. The molecule has 1 atom stereocenters. The zero-order chi connectivity index (χ0) is 15.5. The Hall–Kier alpha value is -0.170. The predicted molar refractivity (Wildman–Crippen MR) is 86.3 cm³/mol. The number of nitrogens with zero attached hydrogens (tertiary/aromatic N) is 2. The van der Waals surface area contributed by atoms with E-state index in [2.05, 4.69) is 19.2 Å². The van der Waals surface area contributed by atoms with Gasteiger partial charge in [0.1, 0.15) is 0 Å². The van der Waals surface area contributed by atoms with Gasteiger partial charge >= 0.3 is 0 Å². The van der Waals surface area contributed by atoms with Crippen LogP contribution in [0.3, 0.4) is 0 Å². The zero-order valence-corrected chi connectivity index (χ0v) is 14.6. The number of hydrogen-bond acceptors (Lipinski definition) is 3. The first kappa shape index (κ1) is 17.2. The van der Waals surface area contributed by atoms with Crippen LogP contribution in [0.4, 0.5) is 0 Å². The summed E-state index contributed by atoms with van der Waals surface area (Å²) in [4.78, 5) is 0. The van der Waals surface area contributed by atoms with Crippen LogP contribution in [-0.2, 0) is 10.2 Å². The largest absolute Gasteiger partial charge is 0.319 e. The molecule has 0 bridgehead atoms. The van der Waals surface area contributed by atoms with Gasteiger partial charge in [-0.25, -0.2) is 0 Å². The second-order valence-corrected chi connectivity index (χ2v) is 8.65. The van der Waals surface area contributed by atoms with Crippen LogP contribution in [0.15, 0.2) is 0 Å². The Balaban J connectivity index is 2.05. The quantitative estimate of drug-likeness (QED) is 0.811. The summed E-state index contributed by atoms with van der Waals surface area (Å²) in [6, 6.07) is 0. The molecule has 0 aliphatic carbocycles. The van der Waals surface area contributed by atoms with Gasteiger partial charge in [-0.1, -0.05) is 13.8 Å². The van der Waals surface area contributed by atoms with Crippen LogP contribution >= 0.6 is 0 Å². The third-order valence-corrected chi connectivity index (χ3v) is 7.48. The second-order valence-electron chi connectivity index (χ2n) is 6.72. The molecular weight excluding hydrogens is 286 g/mol. The minimum atomic E-state index is -3.27. The van der Waals surface area contributed by atoms with Crippen molar-refractivity contribution < 1.29 is 8.42 Å². The highest BCUT2D eigenvalue weighted by Crippen LogP contribution is 2.39. The molecule has 1 N–H and O–H groups in total. The lowest BCUT2D eigenvalue weighted by Crippen LogP contribution is -2.48. The molecular formula is C15H31N3O2S. The molecule has 2 rings (SSSR count). The molecule has 0 amide bonds. The van der Waals surface area contributed by atoms with Gasteiger partial charge in [-0.15, -0.1) is 0 Å². The molecule has 2 fully saturated rings. The molecule has 6 heteroatoms. The third kappa shape index (κ3) is 3.60. The van der Waals surface area contributed by atoms with E-state index in [4.69, 9.17) is 0 Å².